The van der Waals surface area contributed by atoms with Gasteiger partial charge in [0.05, 0.1) is 18.6 Å². The van der Waals surface area contributed by atoms with Crippen LogP contribution in [-0.2, 0) is 9.22 Å². The van der Waals surface area contributed by atoms with E-state index in [2.05, 4.69) is 47.7 Å². The Morgan fingerprint density at radius 2 is 1.69 bits per heavy atom. The van der Waals surface area contributed by atoms with Gasteiger partial charge in [0.2, 0.25) is 0 Å². The second kappa shape index (κ2) is 11.3. The van der Waals surface area contributed by atoms with Crippen molar-refractivity contribution < 1.29 is 24.5 Å². The lowest BCUT2D eigenvalue weighted by Crippen LogP contribution is -2.45. The van der Waals surface area contributed by atoms with Gasteiger partial charge in [0.1, 0.15) is 0 Å². The third-order valence-corrected chi connectivity index (χ3v) is 11.9. The van der Waals surface area contributed by atoms with Gasteiger partial charge in [-0.3, -0.25) is 4.79 Å². The van der Waals surface area contributed by atoms with Crippen molar-refractivity contribution in [2.45, 2.75) is 122 Å². The van der Waals surface area contributed by atoms with E-state index in [-0.39, 0.29) is 35.8 Å². The zero-order valence-corrected chi connectivity index (χ0v) is 20.8. The van der Waals surface area contributed by atoms with Gasteiger partial charge in [-0.2, -0.15) is 0 Å². The molecular weight excluding hydrogens is 384 g/mol. The number of carboxylic acids is 1. The number of hydrogen-bond donors (Lipinski definition) is 3. The van der Waals surface area contributed by atoms with Crippen LogP contribution < -0.4 is 0 Å². The number of aliphatic hydroxyl groups is 2. The summed E-state index contributed by atoms with van der Waals surface area (Å²) in [5, 5.41) is 30.0. The minimum absolute atomic E-state index is 0.0806. The molecule has 0 aliphatic heterocycles. The van der Waals surface area contributed by atoms with Crippen LogP contribution in [0.1, 0.15) is 86.0 Å². The molecule has 29 heavy (non-hydrogen) atoms. The summed E-state index contributed by atoms with van der Waals surface area (Å²) in [4.78, 5) is 11.2. The van der Waals surface area contributed by atoms with E-state index in [1.54, 1.807) is 0 Å². The summed E-state index contributed by atoms with van der Waals surface area (Å²) in [7, 11) is -1.93. The maximum Gasteiger partial charge on any atom is 0.303 e. The molecule has 0 amide bonds. The molecule has 0 aromatic heterocycles. The highest BCUT2D eigenvalue weighted by atomic mass is 28.4. The van der Waals surface area contributed by atoms with Crippen molar-refractivity contribution in [2.75, 3.05) is 0 Å². The van der Waals surface area contributed by atoms with E-state index in [0.717, 1.165) is 12.8 Å². The molecule has 6 atom stereocenters. The van der Waals surface area contributed by atoms with E-state index >= 15 is 0 Å². The second-order valence-corrected chi connectivity index (χ2v) is 15.5. The van der Waals surface area contributed by atoms with E-state index < -0.39 is 26.5 Å². The minimum Gasteiger partial charge on any atom is -0.481 e. The monoisotopic (exact) mass is 430 g/mol. The SMILES string of the molecule is CCCCCC(C)C(CC[C@@H]1[C@@H](CC(=O)O)[C@@H](O)C[C@H]1O)O[Si](C)(C)C(C)(C)C. The van der Waals surface area contributed by atoms with Gasteiger partial charge in [-0.05, 0) is 55.7 Å². The van der Waals surface area contributed by atoms with Crippen molar-refractivity contribution in [3.63, 3.8) is 0 Å². The maximum atomic E-state index is 11.2. The Balaban J connectivity index is 2.88. The molecule has 0 saturated heterocycles. The normalized spacial score (nSPS) is 27.8. The molecule has 1 rings (SSSR count). The fourth-order valence-electron chi connectivity index (χ4n) is 4.34. The minimum atomic E-state index is -1.93. The van der Waals surface area contributed by atoms with E-state index in [1.165, 1.54) is 19.3 Å². The summed E-state index contributed by atoms with van der Waals surface area (Å²) >= 11 is 0. The summed E-state index contributed by atoms with van der Waals surface area (Å²) in [6.45, 7) is 15.8. The van der Waals surface area contributed by atoms with Crippen molar-refractivity contribution in [3.05, 3.63) is 0 Å². The molecule has 0 aromatic rings. The van der Waals surface area contributed by atoms with Crippen LogP contribution in [0.2, 0.25) is 18.1 Å². The third-order valence-electron chi connectivity index (χ3n) is 7.37. The Morgan fingerprint density at radius 1 is 1.10 bits per heavy atom. The smallest absolute Gasteiger partial charge is 0.303 e. The van der Waals surface area contributed by atoms with Crippen LogP contribution in [-0.4, -0.2) is 47.9 Å². The molecule has 0 radical (unpaired) electrons. The Hall–Kier alpha value is -0.433. The highest BCUT2D eigenvalue weighted by Gasteiger charge is 2.44. The second-order valence-electron chi connectivity index (χ2n) is 10.8. The van der Waals surface area contributed by atoms with Crippen LogP contribution in [0.5, 0.6) is 0 Å². The largest absolute Gasteiger partial charge is 0.481 e. The lowest BCUT2D eigenvalue weighted by molar-refractivity contribution is -0.139. The van der Waals surface area contributed by atoms with Crippen molar-refractivity contribution in [1.29, 1.82) is 0 Å². The van der Waals surface area contributed by atoms with Crippen molar-refractivity contribution in [3.8, 4) is 0 Å². The molecule has 3 N–H and O–H groups in total. The van der Waals surface area contributed by atoms with Crippen LogP contribution in [0.25, 0.3) is 0 Å². The molecule has 0 heterocycles. The van der Waals surface area contributed by atoms with Crippen molar-refractivity contribution in [2.24, 2.45) is 17.8 Å². The molecule has 5 nitrogen and oxygen atoms in total. The average Bonchev–Trinajstić information content (AvgIpc) is 2.83. The molecular formula is C23H46O5Si. The van der Waals surface area contributed by atoms with Gasteiger partial charge in [0, 0.05) is 12.0 Å². The average molecular weight is 431 g/mol. The van der Waals surface area contributed by atoms with Crippen molar-refractivity contribution >= 4 is 14.3 Å². The number of rotatable bonds is 12. The highest BCUT2D eigenvalue weighted by molar-refractivity contribution is 6.74. The number of aliphatic hydroxyl groups excluding tert-OH is 2. The number of carboxylic acid groups (broad SMARTS) is 1. The summed E-state index contributed by atoms with van der Waals surface area (Å²) < 4.78 is 6.81. The van der Waals surface area contributed by atoms with Crippen LogP contribution in [0.15, 0.2) is 0 Å². The fraction of sp³-hybridized carbons (Fsp3) is 0.957. The van der Waals surface area contributed by atoms with Crippen LogP contribution >= 0.6 is 0 Å². The van der Waals surface area contributed by atoms with E-state index in [0.29, 0.717) is 12.3 Å². The standard InChI is InChI=1S/C23H46O5Si/c1-8-9-10-11-16(2)21(28-29(6,7)23(3,4)5)13-12-17-18(14-22(26)27)20(25)15-19(17)24/h16-21,24-25H,8-15H2,1-7H3,(H,26,27)/t16?,17-,18-,19-,20+,21?/m1/s1. The molecule has 0 spiro atoms. The number of aliphatic carboxylic acids is 1. The molecule has 1 fully saturated rings. The Labute approximate surface area is 179 Å². The quantitative estimate of drug-likeness (QED) is 0.292. The first-order valence-electron chi connectivity index (χ1n) is 11.6. The van der Waals surface area contributed by atoms with Crippen LogP contribution in [0.4, 0.5) is 0 Å². The molecule has 172 valence electrons. The number of unbranched alkanes of at least 4 members (excludes halogenated alkanes) is 2. The first-order chi connectivity index (χ1) is 13.3. The van der Waals surface area contributed by atoms with Gasteiger partial charge in [-0.1, -0.05) is 53.9 Å². The first kappa shape index (κ1) is 26.6. The summed E-state index contributed by atoms with van der Waals surface area (Å²) in [6, 6.07) is 0. The predicted molar refractivity (Wildman–Crippen MR) is 120 cm³/mol. The molecule has 1 saturated carbocycles. The van der Waals surface area contributed by atoms with E-state index in [4.69, 9.17) is 4.43 Å². The van der Waals surface area contributed by atoms with Gasteiger partial charge in [-0.15, -0.1) is 0 Å². The Morgan fingerprint density at radius 3 is 2.21 bits per heavy atom. The lowest BCUT2D eigenvalue weighted by Gasteiger charge is -2.41. The molecule has 0 aromatic carbocycles. The molecule has 6 heteroatoms. The van der Waals surface area contributed by atoms with E-state index in [9.17, 15) is 20.1 Å². The highest BCUT2D eigenvalue weighted by Crippen LogP contribution is 2.42. The van der Waals surface area contributed by atoms with Crippen molar-refractivity contribution in [1.82, 2.24) is 0 Å². The van der Waals surface area contributed by atoms with Gasteiger partial charge < -0.3 is 19.7 Å². The van der Waals surface area contributed by atoms with Crippen LogP contribution in [0.3, 0.4) is 0 Å². The third kappa shape index (κ3) is 7.96. The predicted octanol–water partition coefficient (Wildman–Crippen LogP) is 5.21. The lowest BCUT2D eigenvalue weighted by atomic mass is 9.84. The van der Waals surface area contributed by atoms with Gasteiger partial charge >= 0.3 is 5.97 Å². The first-order valence-corrected chi connectivity index (χ1v) is 14.5. The summed E-state index contributed by atoms with van der Waals surface area (Å²) in [6.07, 6.45) is 5.22. The molecule has 1 aliphatic rings. The van der Waals surface area contributed by atoms with Gasteiger partial charge in [0.15, 0.2) is 8.32 Å². The zero-order valence-electron chi connectivity index (χ0n) is 19.8. The summed E-state index contributed by atoms with van der Waals surface area (Å²) in [5.74, 6) is -1.02. The Bertz CT molecular complexity index is 502. The Kier molecular flexibility index (Phi) is 10.3. The van der Waals surface area contributed by atoms with Gasteiger partial charge in [-0.25, -0.2) is 0 Å². The number of hydrogen-bond acceptors (Lipinski definition) is 4. The van der Waals surface area contributed by atoms with Crippen LogP contribution in [0, 0.1) is 17.8 Å². The zero-order chi connectivity index (χ0) is 22.4. The van der Waals surface area contributed by atoms with E-state index in [1.807, 2.05) is 0 Å². The maximum absolute atomic E-state index is 11.2. The topological polar surface area (TPSA) is 87.0 Å². The fourth-order valence-corrected chi connectivity index (χ4v) is 5.80. The molecule has 0 bridgehead atoms. The summed E-state index contributed by atoms with van der Waals surface area (Å²) in [5.41, 5.74) is 0. The molecule has 1 aliphatic carbocycles. The van der Waals surface area contributed by atoms with Gasteiger partial charge in [0.25, 0.3) is 0 Å². The molecule has 2 unspecified atom stereocenters. The number of carbonyl (C=O) groups is 1.